The first kappa shape index (κ1) is 10.1. The Kier molecular flexibility index (Phi) is 2.25. The van der Waals surface area contributed by atoms with E-state index in [0.717, 1.165) is 10.8 Å². The van der Waals surface area contributed by atoms with Crippen molar-refractivity contribution >= 4 is 16.7 Å². The molecule has 0 amide bonds. The summed E-state index contributed by atoms with van der Waals surface area (Å²) >= 11 is 0. The zero-order chi connectivity index (χ0) is 11.8. The highest BCUT2D eigenvalue weighted by Crippen LogP contribution is 2.34. The Hall–Kier alpha value is -2.03. The molecule has 1 aliphatic heterocycles. The number of rotatable bonds is 1. The minimum absolute atomic E-state index is 0.302. The lowest BCUT2D eigenvalue weighted by atomic mass is 10.0. The van der Waals surface area contributed by atoms with E-state index in [4.69, 9.17) is 9.47 Å². The summed E-state index contributed by atoms with van der Waals surface area (Å²) in [7, 11) is 0. The Morgan fingerprint density at radius 1 is 1.12 bits per heavy atom. The predicted molar refractivity (Wildman–Crippen MR) is 64.1 cm³/mol. The van der Waals surface area contributed by atoms with E-state index in [1.54, 1.807) is 6.07 Å². The molecule has 0 saturated carbocycles. The van der Waals surface area contributed by atoms with Gasteiger partial charge in [-0.1, -0.05) is 37.3 Å². The molecule has 0 aromatic heterocycles. The minimum Gasteiger partial charge on any atom is -0.453 e. The SMILES string of the molecule is CC[C@@H]1OC(=O)c2ccc3ccccc3c2O1. The summed E-state index contributed by atoms with van der Waals surface area (Å²) in [5.74, 6) is 0.343. The van der Waals surface area contributed by atoms with Crippen molar-refractivity contribution in [1.29, 1.82) is 0 Å². The molecule has 0 saturated heterocycles. The van der Waals surface area contributed by atoms with Crippen molar-refractivity contribution in [1.82, 2.24) is 0 Å². The molecule has 1 atom stereocenters. The van der Waals surface area contributed by atoms with Gasteiger partial charge in [0.2, 0.25) is 6.29 Å². The Balaban J connectivity index is 2.24. The fraction of sp³-hybridized carbons (Fsp3) is 0.214. The molecular formula is C14H12O3. The number of benzene rings is 2. The zero-order valence-corrected chi connectivity index (χ0v) is 9.47. The highest BCUT2D eigenvalue weighted by atomic mass is 16.7. The second kappa shape index (κ2) is 3.77. The van der Waals surface area contributed by atoms with Crippen molar-refractivity contribution in [3.63, 3.8) is 0 Å². The van der Waals surface area contributed by atoms with E-state index in [0.29, 0.717) is 17.7 Å². The summed E-state index contributed by atoms with van der Waals surface area (Å²) in [5.41, 5.74) is 0.508. The second-order valence-electron chi connectivity index (χ2n) is 4.02. The number of carbonyl (C=O) groups excluding carboxylic acids is 1. The van der Waals surface area contributed by atoms with Crippen LogP contribution < -0.4 is 4.74 Å². The first-order valence-electron chi connectivity index (χ1n) is 5.69. The van der Waals surface area contributed by atoms with Crippen LogP contribution in [0, 0.1) is 0 Å². The third-order valence-corrected chi connectivity index (χ3v) is 2.92. The van der Waals surface area contributed by atoms with Crippen molar-refractivity contribution < 1.29 is 14.3 Å². The van der Waals surface area contributed by atoms with Crippen LogP contribution in [0.15, 0.2) is 36.4 Å². The highest BCUT2D eigenvalue weighted by molar-refractivity contribution is 6.02. The van der Waals surface area contributed by atoms with Crippen molar-refractivity contribution in [3.8, 4) is 5.75 Å². The van der Waals surface area contributed by atoms with Crippen molar-refractivity contribution in [3.05, 3.63) is 42.0 Å². The molecule has 0 bridgehead atoms. The van der Waals surface area contributed by atoms with Crippen LogP contribution in [0.25, 0.3) is 10.8 Å². The Labute approximate surface area is 99.0 Å². The molecule has 1 aliphatic rings. The van der Waals surface area contributed by atoms with Gasteiger partial charge in [-0.25, -0.2) is 4.79 Å². The smallest absolute Gasteiger partial charge is 0.345 e. The lowest BCUT2D eigenvalue weighted by molar-refractivity contribution is -0.0603. The van der Waals surface area contributed by atoms with Gasteiger partial charge in [0.05, 0.1) is 0 Å². The van der Waals surface area contributed by atoms with Crippen molar-refractivity contribution in [2.75, 3.05) is 0 Å². The predicted octanol–water partition coefficient (Wildman–Crippen LogP) is 3.13. The summed E-state index contributed by atoms with van der Waals surface area (Å²) in [6, 6.07) is 11.5. The third kappa shape index (κ3) is 1.55. The summed E-state index contributed by atoms with van der Waals surface area (Å²) < 4.78 is 10.9. The molecule has 17 heavy (non-hydrogen) atoms. The van der Waals surface area contributed by atoms with Gasteiger partial charge in [-0.2, -0.15) is 0 Å². The van der Waals surface area contributed by atoms with Gasteiger partial charge in [-0.15, -0.1) is 0 Å². The molecule has 0 spiro atoms. The highest BCUT2D eigenvalue weighted by Gasteiger charge is 2.27. The molecule has 0 aliphatic carbocycles. The van der Waals surface area contributed by atoms with Gasteiger partial charge in [-0.05, 0) is 11.5 Å². The topological polar surface area (TPSA) is 35.5 Å². The second-order valence-corrected chi connectivity index (χ2v) is 4.02. The van der Waals surface area contributed by atoms with E-state index in [-0.39, 0.29) is 5.97 Å². The molecular weight excluding hydrogens is 216 g/mol. The third-order valence-electron chi connectivity index (χ3n) is 2.92. The van der Waals surface area contributed by atoms with E-state index in [1.807, 2.05) is 37.3 Å². The van der Waals surface area contributed by atoms with Crippen LogP contribution in [0.3, 0.4) is 0 Å². The molecule has 86 valence electrons. The fourth-order valence-electron chi connectivity index (χ4n) is 2.04. The number of cyclic esters (lactones) is 1. The van der Waals surface area contributed by atoms with Gasteiger partial charge in [0.15, 0.2) is 0 Å². The molecule has 0 radical (unpaired) electrons. The van der Waals surface area contributed by atoms with Crippen LogP contribution in [-0.2, 0) is 4.74 Å². The van der Waals surface area contributed by atoms with Crippen molar-refractivity contribution in [2.45, 2.75) is 19.6 Å². The average molecular weight is 228 g/mol. The summed E-state index contributed by atoms with van der Waals surface area (Å²) in [4.78, 5) is 11.8. The van der Waals surface area contributed by atoms with Crippen LogP contribution in [0.5, 0.6) is 5.75 Å². The van der Waals surface area contributed by atoms with Gasteiger partial charge in [0.1, 0.15) is 11.3 Å². The van der Waals surface area contributed by atoms with E-state index in [2.05, 4.69) is 0 Å². The summed E-state index contributed by atoms with van der Waals surface area (Å²) in [6.45, 7) is 1.92. The van der Waals surface area contributed by atoms with Gasteiger partial charge in [0, 0.05) is 11.8 Å². The fourth-order valence-corrected chi connectivity index (χ4v) is 2.04. The lowest BCUT2D eigenvalue weighted by Gasteiger charge is -2.25. The standard InChI is InChI=1S/C14H12O3/c1-2-12-16-13-10-6-4-3-5-9(10)7-8-11(13)14(15)17-12/h3-8,12H,2H2,1H3/t12-/m0/s1. The molecule has 1 heterocycles. The summed E-state index contributed by atoms with van der Waals surface area (Å²) in [6.07, 6.45) is 0.176. The largest absolute Gasteiger partial charge is 0.453 e. The quantitative estimate of drug-likeness (QED) is 0.703. The van der Waals surface area contributed by atoms with Gasteiger partial charge < -0.3 is 9.47 Å². The molecule has 3 nitrogen and oxygen atoms in total. The van der Waals surface area contributed by atoms with Crippen LogP contribution in [0.1, 0.15) is 23.7 Å². The van der Waals surface area contributed by atoms with Crippen LogP contribution >= 0.6 is 0 Å². The molecule has 2 aromatic carbocycles. The van der Waals surface area contributed by atoms with E-state index < -0.39 is 6.29 Å². The molecule has 3 heteroatoms. The van der Waals surface area contributed by atoms with Gasteiger partial charge in [-0.3, -0.25) is 0 Å². The first-order chi connectivity index (χ1) is 8.29. The summed E-state index contributed by atoms with van der Waals surface area (Å²) in [5, 5.41) is 2.02. The number of esters is 1. The normalized spacial score (nSPS) is 18.4. The van der Waals surface area contributed by atoms with Crippen LogP contribution in [0.2, 0.25) is 0 Å². The molecule has 2 aromatic rings. The number of hydrogen-bond donors (Lipinski definition) is 0. The Morgan fingerprint density at radius 3 is 2.76 bits per heavy atom. The average Bonchev–Trinajstić information content (AvgIpc) is 2.38. The number of hydrogen-bond acceptors (Lipinski definition) is 3. The zero-order valence-electron chi connectivity index (χ0n) is 9.47. The van der Waals surface area contributed by atoms with E-state index >= 15 is 0 Å². The molecule has 0 unspecified atom stereocenters. The Bertz CT molecular complexity index is 589. The molecule has 3 rings (SSSR count). The van der Waals surface area contributed by atoms with Gasteiger partial charge >= 0.3 is 5.97 Å². The monoisotopic (exact) mass is 228 g/mol. The van der Waals surface area contributed by atoms with E-state index in [9.17, 15) is 4.79 Å². The molecule has 0 fully saturated rings. The van der Waals surface area contributed by atoms with Crippen molar-refractivity contribution in [2.24, 2.45) is 0 Å². The van der Waals surface area contributed by atoms with Gasteiger partial charge in [0.25, 0.3) is 0 Å². The minimum atomic E-state index is -0.471. The maximum atomic E-state index is 11.8. The number of carbonyl (C=O) groups is 1. The number of ether oxygens (including phenoxy) is 2. The maximum absolute atomic E-state index is 11.8. The molecule has 0 N–H and O–H groups in total. The van der Waals surface area contributed by atoms with E-state index in [1.165, 1.54) is 0 Å². The Morgan fingerprint density at radius 2 is 1.94 bits per heavy atom. The maximum Gasteiger partial charge on any atom is 0.345 e. The first-order valence-corrected chi connectivity index (χ1v) is 5.69. The number of fused-ring (bicyclic) bond motifs is 3. The van der Waals surface area contributed by atoms with Crippen LogP contribution in [0.4, 0.5) is 0 Å². The van der Waals surface area contributed by atoms with Crippen LogP contribution in [-0.4, -0.2) is 12.3 Å². The lowest BCUT2D eigenvalue weighted by Crippen LogP contribution is -2.29.